The minimum absolute atomic E-state index is 0.0201. The van der Waals surface area contributed by atoms with Crippen LogP contribution in [-0.2, 0) is 11.3 Å². The summed E-state index contributed by atoms with van der Waals surface area (Å²) >= 11 is 0. The van der Waals surface area contributed by atoms with E-state index in [9.17, 15) is 17.6 Å². The molecule has 19 heavy (non-hydrogen) atoms. The summed E-state index contributed by atoms with van der Waals surface area (Å²) in [5.74, 6) is -3.49. The summed E-state index contributed by atoms with van der Waals surface area (Å²) in [6, 6.07) is 1.33. The Morgan fingerprint density at radius 3 is 2.47 bits per heavy atom. The first-order chi connectivity index (χ1) is 8.89. The minimum Gasteiger partial charge on any atom is -0.377 e. The fraction of sp³-hybridized carbons (Fsp3) is 0.600. The normalized spacial score (nSPS) is 11.7. The van der Waals surface area contributed by atoms with Crippen LogP contribution in [0.25, 0.3) is 0 Å². The van der Waals surface area contributed by atoms with Gasteiger partial charge in [0.2, 0.25) is 0 Å². The van der Waals surface area contributed by atoms with Crippen LogP contribution in [0.1, 0.15) is 5.82 Å². The molecule has 1 aromatic heterocycles. The van der Waals surface area contributed by atoms with Crippen molar-refractivity contribution in [1.82, 2.24) is 9.97 Å². The maximum atomic E-state index is 12.8. The zero-order valence-electron chi connectivity index (χ0n) is 10.4. The van der Waals surface area contributed by atoms with E-state index in [1.165, 1.54) is 13.2 Å². The number of aromatic nitrogens is 2. The predicted molar refractivity (Wildman–Crippen MR) is 61.7 cm³/mol. The second kappa shape index (κ2) is 6.50. The van der Waals surface area contributed by atoms with Crippen molar-refractivity contribution in [3.8, 4) is 0 Å². The van der Waals surface area contributed by atoms with E-state index in [1.54, 1.807) is 7.05 Å². The quantitative estimate of drug-likeness (QED) is 0.749. The van der Waals surface area contributed by atoms with Crippen molar-refractivity contribution in [2.75, 3.05) is 31.3 Å². The van der Waals surface area contributed by atoms with Crippen LogP contribution in [0.5, 0.6) is 0 Å². The Morgan fingerprint density at radius 1 is 1.32 bits per heavy atom. The number of anilines is 2. The highest BCUT2D eigenvalue weighted by atomic mass is 19.3. The van der Waals surface area contributed by atoms with Crippen molar-refractivity contribution in [2.45, 2.75) is 19.0 Å². The number of nitrogens with one attached hydrogen (secondary N) is 2. The van der Waals surface area contributed by atoms with Gasteiger partial charge in [0.1, 0.15) is 18.2 Å². The Hall–Kier alpha value is -1.64. The SMILES string of the molecule is CNc1cc(NCC(F)(F)C(F)F)nc(COC)n1. The van der Waals surface area contributed by atoms with E-state index in [0.29, 0.717) is 5.82 Å². The lowest BCUT2D eigenvalue weighted by atomic mass is 10.3. The molecule has 0 aromatic carbocycles. The first-order valence-electron chi connectivity index (χ1n) is 5.33. The molecule has 0 aliphatic heterocycles. The average molecular weight is 282 g/mol. The van der Waals surface area contributed by atoms with E-state index < -0.39 is 18.9 Å². The number of ether oxygens (including phenoxy) is 1. The highest BCUT2D eigenvalue weighted by Gasteiger charge is 2.40. The number of rotatable bonds is 7. The van der Waals surface area contributed by atoms with Crippen LogP contribution in [-0.4, -0.2) is 43.0 Å². The molecule has 1 heterocycles. The molecule has 108 valence electrons. The molecule has 0 radical (unpaired) electrons. The van der Waals surface area contributed by atoms with Gasteiger partial charge in [-0.25, -0.2) is 18.7 Å². The lowest BCUT2D eigenvalue weighted by Crippen LogP contribution is -2.35. The molecule has 2 N–H and O–H groups in total. The van der Waals surface area contributed by atoms with Gasteiger partial charge in [0, 0.05) is 20.2 Å². The summed E-state index contributed by atoms with van der Waals surface area (Å²) < 4.78 is 54.4. The van der Waals surface area contributed by atoms with E-state index >= 15 is 0 Å². The molecule has 0 spiro atoms. The highest BCUT2D eigenvalue weighted by Crippen LogP contribution is 2.23. The van der Waals surface area contributed by atoms with Crippen LogP contribution in [0, 0.1) is 0 Å². The largest absolute Gasteiger partial charge is 0.377 e. The van der Waals surface area contributed by atoms with E-state index in [2.05, 4.69) is 20.6 Å². The minimum atomic E-state index is -4.12. The summed E-state index contributed by atoms with van der Waals surface area (Å²) in [4.78, 5) is 7.87. The van der Waals surface area contributed by atoms with E-state index in [4.69, 9.17) is 4.74 Å². The van der Waals surface area contributed by atoms with Gasteiger partial charge in [-0.05, 0) is 0 Å². The van der Waals surface area contributed by atoms with Gasteiger partial charge in [-0.2, -0.15) is 8.78 Å². The fourth-order valence-electron chi connectivity index (χ4n) is 1.19. The summed E-state index contributed by atoms with van der Waals surface area (Å²) in [5, 5.41) is 4.87. The standard InChI is InChI=1S/C10H14F4N4O/c1-15-6-3-7(18-8(17-6)4-19-2)16-5-10(13,14)9(11)12/h3,9H,4-5H2,1-2H3,(H2,15,16,17,18). The predicted octanol–water partition coefficient (Wildman–Crippen LogP) is 1.98. The number of nitrogens with zero attached hydrogens (tertiary/aromatic N) is 2. The number of alkyl halides is 4. The van der Waals surface area contributed by atoms with Gasteiger partial charge in [0.05, 0.1) is 6.54 Å². The third kappa shape index (κ3) is 4.51. The van der Waals surface area contributed by atoms with Gasteiger partial charge in [0.15, 0.2) is 5.82 Å². The summed E-state index contributed by atoms with van der Waals surface area (Å²) in [6.07, 6.45) is -3.73. The van der Waals surface area contributed by atoms with Crippen LogP contribution in [0.15, 0.2) is 6.07 Å². The molecule has 9 heteroatoms. The van der Waals surface area contributed by atoms with Crippen LogP contribution in [0.3, 0.4) is 0 Å². The summed E-state index contributed by atoms with van der Waals surface area (Å²) in [5.41, 5.74) is 0. The molecular formula is C10H14F4N4O. The maximum absolute atomic E-state index is 12.8. The van der Waals surface area contributed by atoms with Gasteiger partial charge < -0.3 is 15.4 Å². The summed E-state index contributed by atoms with van der Waals surface area (Å²) in [6.45, 7) is -1.13. The molecule has 0 saturated carbocycles. The maximum Gasteiger partial charge on any atom is 0.324 e. The number of methoxy groups -OCH3 is 1. The van der Waals surface area contributed by atoms with Gasteiger partial charge >= 0.3 is 12.3 Å². The van der Waals surface area contributed by atoms with Crippen LogP contribution < -0.4 is 10.6 Å². The molecular weight excluding hydrogens is 268 g/mol. The average Bonchev–Trinajstić information content (AvgIpc) is 2.36. The molecule has 0 atom stereocenters. The van der Waals surface area contributed by atoms with E-state index in [1.807, 2.05) is 0 Å². The summed E-state index contributed by atoms with van der Waals surface area (Å²) in [7, 11) is 3.00. The molecule has 0 bridgehead atoms. The molecule has 0 amide bonds. The molecule has 0 fully saturated rings. The highest BCUT2D eigenvalue weighted by molar-refractivity contribution is 5.47. The van der Waals surface area contributed by atoms with Crippen LogP contribution in [0.2, 0.25) is 0 Å². The van der Waals surface area contributed by atoms with Crippen molar-refractivity contribution in [2.24, 2.45) is 0 Å². The third-order valence-electron chi connectivity index (χ3n) is 2.13. The molecule has 1 aromatic rings. The van der Waals surface area contributed by atoms with Crippen LogP contribution >= 0.6 is 0 Å². The topological polar surface area (TPSA) is 59.1 Å². The molecule has 5 nitrogen and oxygen atoms in total. The second-order valence-corrected chi connectivity index (χ2v) is 3.65. The first kappa shape index (κ1) is 15.4. The fourth-order valence-corrected chi connectivity index (χ4v) is 1.19. The lowest BCUT2D eigenvalue weighted by Gasteiger charge is -2.16. The van der Waals surface area contributed by atoms with Crippen molar-refractivity contribution in [1.29, 1.82) is 0 Å². The van der Waals surface area contributed by atoms with E-state index in [0.717, 1.165) is 0 Å². The molecule has 0 unspecified atom stereocenters. The smallest absolute Gasteiger partial charge is 0.324 e. The Balaban J connectivity index is 2.80. The van der Waals surface area contributed by atoms with Crippen molar-refractivity contribution in [3.63, 3.8) is 0 Å². The zero-order chi connectivity index (χ0) is 14.5. The first-order valence-corrected chi connectivity index (χ1v) is 5.33. The van der Waals surface area contributed by atoms with Gasteiger partial charge in [-0.3, -0.25) is 0 Å². The van der Waals surface area contributed by atoms with Crippen molar-refractivity contribution in [3.05, 3.63) is 11.9 Å². The lowest BCUT2D eigenvalue weighted by molar-refractivity contribution is -0.117. The number of halogens is 4. The zero-order valence-corrected chi connectivity index (χ0v) is 10.4. The third-order valence-corrected chi connectivity index (χ3v) is 2.13. The van der Waals surface area contributed by atoms with E-state index in [-0.39, 0.29) is 18.2 Å². The Labute approximate surface area is 107 Å². The number of hydrogen-bond donors (Lipinski definition) is 2. The second-order valence-electron chi connectivity index (χ2n) is 3.65. The number of hydrogen-bond acceptors (Lipinski definition) is 5. The van der Waals surface area contributed by atoms with Gasteiger partial charge in [-0.1, -0.05) is 0 Å². The van der Waals surface area contributed by atoms with Crippen molar-refractivity contribution >= 4 is 11.6 Å². The Morgan fingerprint density at radius 2 is 1.95 bits per heavy atom. The van der Waals surface area contributed by atoms with Crippen LogP contribution in [0.4, 0.5) is 29.2 Å². The molecule has 0 aliphatic rings. The molecule has 0 saturated heterocycles. The Bertz CT molecular complexity index is 417. The van der Waals surface area contributed by atoms with Crippen molar-refractivity contribution < 1.29 is 22.3 Å². The van der Waals surface area contributed by atoms with Gasteiger partial charge in [0.25, 0.3) is 0 Å². The molecule has 1 rings (SSSR count). The monoisotopic (exact) mass is 282 g/mol. The van der Waals surface area contributed by atoms with Gasteiger partial charge in [-0.15, -0.1) is 0 Å². The Kier molecular flexibility index (Phi) is 5.28. The molecule has 0 aliphatic carbocycles.